The van der Waals surface area contributed by atoms with E-state index in [0.717, 1.165) is 11.1 Å². The van der Waals surface area contributed by atoms with Gasteiger partial charge in [0, 0.05) is 12.1 Å². The van der Waals surface area contributed by atoms with Gasteiger partial charge in [-0.3, -0.25) is 0 Å². The van der Waals surface area contributed by atoms with Crippen LogP contribution in [0.25, 0.3) is 10.9 Å². The second-order valence-corrected chi connectivity index (χ2v) is 8.83. The fourth-order valence-corrected chi connectivity index (χ4v) is 3.42. The van der Waals surface area contributed by atoms with Crippen molar-refractivity contribution >= 4 is 23.6 Å². The van der Waals surface area contributed by atoms with Gasteiger partial charge in [0.15, 0.2) is 12.9 Å². The fourth-order valence-electron chi connectivity index (χ4n) is 3.42. The molecule has 0 saturated carbocycles. The van der Waals surface area contributed by atoms with Crippen LogP contribution in [0.15, 0.2) is 28.3 Å². The average Bonchev–Trinajstić information content (AvgIpc) is 3.26. The molecule has 2 aromatic rings. The van der Waals surface area contributed by atoms with Gasteiger partial charge in [0.25, 0.3) is 0 Å². The normalized spacial score (nSPS) is 15.6. The van der Waals surface area contributed by atoms with Gasteiger partial charge in [-0.2, -0.15) is 18.3 Å². The van der Waals surface area contributed by atoms with Gasteiger partial charge in [-0.05, 0) is 41.7 Å². The average molecular weight is 483 g/mol. The minimum atomic E-state index is -4.42. The first-order chi connectivity index (χ1) is 16.0. The van der Waals surface area contributed by atoms with Crippen molar-refractivity contribution in [1.29, 1.82) is 0 Å². The van der Waals surface area contributed by atoms with E-state index in [1.165, 1.54) is 0 Å². The van der Waals surface area contributed by atoms with E-state index in [-0.39, 0.29) is 24.9 Å². The summed E-state index contributed by atoms with van der Waals surface area (Å²) in [5.41, 5.74) is 5.08. The van der Waals surface area contributed by atoms with Crippen molar-refractivity contribution in [2.45, 2.75) is 52.2 Å². The van der Waals surface area contributed by atoms with Crippen LogP contribution in [0.2, 0.25) is 0 Å². The number of ether oxygens (including phenoxy) is 4. The zero-order valence-electron chi connectivity index (χ0n) is 19.7. The van der Waals surface area contributed by atoms with E-state index in [0.29, 0.717) is 29.8 Å². The minimum absolute atomic E-state index is 0.0838. The smallest absolute Gasteiger partial charge is 0.422 e. The Morgan fingerprint density at radius 1 is 1.21 bits per heavy atom. The maximum atomic E-state index is 12.7. The van der Waals surface area contributed by atoms with Gasteiger partial charge in [0.1, 0.15) is 12.4 Å². The van der Waals surface area contributed by atoms with E-state index in [4.69, 9.17) is 23.9 Å². The Morgan fingerprint density at radius 2 is 1.91 bits per heavy atom. The van der Waals surface area contributed by atoms with Gasteiger partial charge in [-0.15, -0.1) is 0 Å². The zero-order valence-corrected chi connectivity index (χ0v) is 19.7. The summed E-state index contributed by atoms with van der Waals surface area (Å²) in [5, 5.41) is 4.31. The third-order valence-corrected chi connectivity index (χ3v) is 4.96. The molecule has 0 unspecified atom stereocenters. The maximum Gasteiger partial charge on any atom is 0.422 e. The molecule has 0 bridgehead atoms. The fraction of sp³-hybridized carbons (Fsp3) is 0.522. The van der Waals surface area contributed by atoms with Crippen molar-refractivity contribution in [2.24, 2.45) is 10.1 Å². The van der Waals surface area contributed by atoms with E-state index >= 15 is 0 Å². The lowest BCUT2D eigenvalue weighted by molar-refractivity contribution is -0.153. The number of benzene rings is 1. The molecule has 1 saturated heterocycles. The highest BCUT2D eigenvalue weighted by molar-refractivity contribution is 5.87. The minimum Gasteiger partial charge on any atom is -0.484 e. The quantitative estimate of drug-likeness (QED) is 0.361. The molecule has 0 atom stereocenters. The summed E-state index contributed by atoms with van der Waals surface area (Å²) in [6, 6.07) is 5.15. The number of hydrogen-bond donors (Lipinski definition) is 1. The standard InChI is InChI=1S/C23H29F3N4O4/c1-14-8-15(12-33-21(30-27-5)28-11-19-31-6-7-32-19)29-20-17(14)9-16(34-13-23(24,25)26)10-18(20)22(2,3)4/h8-10,19H,5-7,11-13H2,1-4H3,(H,28,30). The van der Waals surface area contributed by atoms with Gasteiger partial charge >= 0.3 is 12.2 Å². The predicted molar refractivity (Wildman–Crippen MR) is 122 cm³/mol. The van der Waals surface area contributed by atoms with E-state index in [9.17, 15) is 13.2 Å². The molecule has 0 spiro atoms. The van der Waals surface area contributed by atoms with Crippen LogP contribution in [0.5, 0.6) is 5.75 Å². The molecule has 34 heavy (non-hydrogen) atoms. The van der Waals surface area contributed by atoms with Crippen molar-refractivity contribution in [2.75, 3.05) is 26.4 Å². The molecule has 1 fully saturated rings. The highest BCUT2D eigenvalue weighted by atomic mass is 19.4. The van der Waals surface area contributed by atoms with Crippen molar-refractivity contribution < 1.29 is 32.1 Å². The molecular formula is C23H29F3N4O4. The van der Waals surface area contributed by atoms with Crippen LogP contribution in [-0.2, 0) is 26.2 Å². The topological polar surface area (TPSA) is 86.6 Å². The summed E-state index contributed by atoms with van der Waals surface area (Å²) in [4.78, 5) is 9.01. The second-order valence-electron chi connectivity index (χ2n) is 8.83. The first kappa shape index (κ1) is 25.7. The van der Waals surface area contributed by atoms with E-state index in [1.807, 2.05) is 33.8 Å². The van der Waals surface area contributed by atoms with E-state index in [2.05, 4.69) is 22.2 Å². The van der Waals surface area contributed by atoms with E-state index in [1.54, 1.807) is 12.1 Å². The molecule has 2 heterocycles. The molecule has 0 aliphatic carbocycles. The maximum absolute atomic E-state index is 12.7. The molecule has 8 nitrogen and oxygen atoms in total. The highest BCUT2D eigenvalue weighted by Gasteiger charge is 2.29. The molecular weight excluding hydrogens is 453 g/mol. The summed E-state index contributed by atoms with van der Waals surface area (Å²) in [5.74, 6) is 0.149. The lowest BCUT2D eigenvalue weighted by Gasteiger charge is -2.23. The SMILES string of the molecule is C=NNC(=NCC1OCCO1)OCc1cc(C)c2cc(OCC(F)(F)F)cc(C(C)(C)C)c2n1. The summed E-state index contributed by atoms with van der Waals surface area (Å²) in [7, 11) is 0. The van der Waals surface area contributed by atoms with Crippen LogP contribution >= 0.6 is 0 Å². The van der Waals surface area contributed by atoms with Crippen LogP contribution in [-0.4, -0.2) is 56.6 Å². The van der Waals surface area contributed by atoms with Crippen molar-refractivity contribution in [3.63, 3.8) is 0 Å². The number of hydrogen-bond acceptors (Lipinski definition) is 7. The Hall–Kier alpha value is -2.92. The van der Waals surface area contributed by atoms with Gasteiger partial charge in [0.05, 0.1) is 31.0 Å². The summed E-state index contributed by atoms with van der Waals surface area (Å²) in [6.07, 6.45) is -4.86. The molecule has 3 rings (SSSR count). The molecule has 0 amide bonds. The third kappa shape index (κ3) is 7.04. The molecule has 1 N–H and O–H groups in total. The molecule has 1 aliphatic heterocycles. The molecule has 11 heteroatoms. The molecule has 1 aromatic carbocycles. The molecule has 1 aliphatic rings. The first-order valence-electron chi connectivity index (χ1n) is 10.7. The summed E-state index contributed by atoms with van der Waals surface area (Å²) >= 11 is 0. The van der Waals surface area contributed by atoms with Crippen LogP contribution in [0, 0.1) is 6.92 Å². The second kappa shape index (κ2) is 10.6. The number of alkyl halides is 3. The number of hydrazone groups is 1. The van der Waals surface area contributed by atoms with Gasteiger partial charge in [-0.1, -0.05) is 20.8 Å². The van der Waals surface area contributed by atoms with E-state index < -0.39 is 24.5 Å². The first-order valence-corrected chi connectivity index (χ1v) is 10.7. The summed E-state index contributed by atoms with van der Waals surface area (Å²) in [6.45, 7) is 11.1. The highest BCUT2D eigenvalue weighted by Crippen LogP contribution is 2.35. The van der Waals surface area contributed by atoms with Crippen molar-refractivity contribution in [3.05, 3.63) is 35.0 Å². The Bertz CT molecular complexity index is 1050. The number of aromatic nitrogens is 1. The third-order valence-electron chi connectivity index (χ3n) is 4.96. The van der Waals surface area contributed by atoms with Crippen molar-refractivity contribution in [3.8, 4) is 5.75 Å². The number of nitrogens with one attached hydrogen (secondary N) is 1. The van der Waals surface area contributed by atoms with Gasteiger partial charge in [-0.25, -0.2) is 15.4 Å². The Labute approximate surface area is 196 Å². The summed E-state index contributed by atoms with van der Waals surface area (Å²) < 4.78 is 59.5. The predicted octanol–water partition coefficient (Wildman–Crippen LogP) is 4.23. The number of fused-ring (bicyclic) bond motifs is 1. The monoisotopic (exact) mass is 482 g/mol. The molecule has 186 valence electrons. The molecule has 0 radical (unpaired) electrons. The number of halogens is 3. The van der Waals surface area contributed by atoms with Gasteiger partial charge in [0.2, 0.25) is 0 Å². The van der Waals surface area contributed by atoms with Gasteiger partial charge < -0.3 is 18.9 Å². The van der Waals surface area contributed by atoms with Crippen LogP contribution < -0.4 is 10.2 Å². The zero-order chi connectivity index (χ0) is 24.9. The lowest BCUT2D eigenvalue weighted by atomic mass is 9.84. The number of aryl methyl sites for hydroxylation is 1. The number of rotatable bonds is 7. The lowest BCUT2D eigenvalue weighted by Crippen LogP contribution is -2.24. The Kier molecular flexibility index (Phi) is 7.98. The van der Waals surface area contributed by atoms with Crippen LogP contribution in [0.3, 0.4) is 0 Å². The Balaban J connectivity index is 1.87. The Morgan fingerprint density at radius 3 is 2.53 bits per heavy atom. The van der Waals surface area contributed by atoms with Crippen LogP contribution in [0.4, 0.5) is 13.2 Å². The number of pyridine rings is 1. The van der Waals surface area contributed by atoms with Crippen LogP contribution in [0.1, 0.15) is 37.6 Å². The number of nitrogens with zero attached hydrogens (tertiary/aromatic N) is 3. The molecule has 1 aromatic heterocycles. The number of amidine groups is 1. The largest absolute Gasteiger partial charge is 0.484 e. The van der Waals surface area contributed by atoms with Crippen molar-refractivity contribution in [1.82, 2.24) is 10.4 Å². The number of aliphatic imine (C=N–C) groups is 1.